The van der Waals surface area contributed by atoms with Gasteiger partial charge in [0.05, 0.1) is 0 Å². The number of hydrogen-bond donors (Lipinski definition) is 1. The first-order chi connectivity index (χ1) is 11.5. The van der Waals surface area contributed by atoms with E-state index in [9.17, 15) is 14.4 Å². The summed E-state index contributed by atoms with van der Waals surface area (Å²) in [4.78, 5) is 37.7. The van der Waals surface area contributed by atoms with Gasteiger partial charge in [0.15, 0.2) is 5.78 Å². The molecule has 5 nitrogen and oxygen atoms in total. The minimum absolute atomic E-state index is 0.0464. The van der Waals surface area contributed by atoms with Crippen molar-refractivity contribution in [1.29, 1.82) is 0 Å². The second-order valence-corrected chi connectivity index (χ2v) is 5.93. The highest BCUT2D eigenvalue weighted by molar-refractivity contribution is 6.22. The van der Waals surface area contributed by atoms with Crippen LogP contribution >= 0.6 is 0 Å². The van der Waals surface area contributed by atoms with Crippen LogP contribution in [0.2, 0.25) is 0 Å². The van der Waals surface area contributed by atoms with Gasteiger partial charge in [-0.15, -0.1) is 0 Å². The Balaban J connectivity index is 1.75. The molecule has 0 heterocycles. The molecule has 1 N–H and O–H groups in total. The average Bonchev–Trinajstić information content (AvgIpc) is 2.87. The minimum atomic E-state index is -0.284. The van der Waals surface area contributed by atoms with Crippen LogP contribution in [-0.2, 0) is 4.79 Å². The molecular weight excluding hydrogens is 304 g/mol. The quantitative estimate of drug-likeness (QED) is 0.800. The van der Waals surface area contributed by atoms with E-state index >= 15 is 0 Å². The summed E-state index contributed by atoms with van der Waals surface area (Å²) in [5.41, 5.74) is 3.40. The molecule has 2 aromatic rings. The maximum Gasteiger partial charge on any atom is 0.251 e. The predicted molar refractivity (Wildman–Crippen MR) is 91.0 cm³/mol. The summed E-state index contributed by atoms with van der Waals surface area (Å²) < 4.78 is 0. The lowest BCUT2D eigenvalue weighted by Gasteiger charge is -2.11. The molecule has 0 bridgehead atoms. The summed E-state index contributed by atoms with van der Waals surface area (Å²) in [7, 11) is 3.35. The van der Waals surface area contributed by atoms with Gasteiger partial charge in [0.1, 0.15) is 0 Å². The summed E-state index contributed by atoms with van der Waals surface area (Å²) in [6.45, 7) is 0.265. The number of carbonyl (C=O) groups is 3. The van der Waals surface area contributed by atoms with Gasteiger partial charge in [-0.3, -0.25) is 14.4 Å². The highest BCUT2D eigenvalue weighted by Crippen LogP contribution is 2.36. The molecule has 0 saturated heterocycles. The number of amides is 2. The van der Waals surface area contributed by atoms with Crippen LogP contribution in [0.5, 0.6) is 0 Å². The molecule has 0 aliphatic heterocycles. The monoisotopic (exact) mass is 322 g/mol. The van der Waals surface area contributed by atoms with Gasteiger partial charge in [0.25, 0.3) is 5.91 Å². The Labute approximate surface area is 140 Å². The first kappa shape index (κ1) is 15.9. The number of rotatable bonds is 4. The standard InChI is InChI=1S/C19H18N2O3/c1-21(2)17(22)9-10-20-19(24)12-7-8-14-13-5-3-4-6-15(13)18(23)16(14)11-12/h3-8,11H,9-10H2,1-2H3,(H,20,24). The Bertz CT molecular complexity index is 840. The van der Waals surface area contributed by atoms with Crippen molar-refractivity contribution < 1.29 is 14.4 Å². The van der Waals surface area contributed by atoms with Gasteiger partial charge in [-0.2, -0.15) is 0 Å². The Kier molecular flexibility index (Phi) is 4.16. The molecule has 0 spiro atoms. The Morgan fingerprint density at radius 3 is 2.33 bits per heavy atom. The van der Waals surface area contributed by atoms with Crippen molar-refractivity contribution in [3.8, 4) is 11.1 Å². The van der Waals surface area contributed by atoms with E-state index in [1.807, 2.05) is 18.2 Å². The topological polar surface area (TPSA) is 66.5 Å². The third kappa shape index (κ3) is 2.80. The molecule has 0 aromatic heterocycles. The van der Waals surface area contributed by atoms with Crippen molar-refractivity contribution in [1.82, 2.24) is 10.2 Å². The third-order valence-corrected chi connectivity index (χ3v) is 4.11. The fourth-order valence-electron chi connectivity index (χ4n) is 2.78. The molecule has 2 aromatic carbocycles. The van der Waals surface area contributed by atoms with Gasteiger partial charge >= 0.3 is 0 Å². The molecule has 122 valence electrons. The molecule has 0 atom stereocenters. The molecule has 5 heteroatoms. The van der Waals surface area contributed by atoms with E-state index in [0.717, 1.165) is 11.1 Å². The van der Waals surface area contributed by atoms with Gasteiger partial charge in [-0.05, 0) is 23.3 Å². The molecule has 2 amide bonds. The van der Waals surface area contributed by atoms with Crippen LogP contribution in [0.15, 0.2) is 42.5 Å². The van der Waals surface area contributed by atoms with Crippen LogP contribution in [0.3, 0.4) is 0 Å². The Morgan fingerprint density at radius 2 is 1.62 bits per heavy atom. The second-order valence-electron chi connectivity index (χ2n) is 5.93. The van der Waals surface area contributed by atoms with Gasteiger partial charge in [0, 0.05) is 43.8 Å². The van der Waals surface area contributed by atoms with Crippen molar-refractivity contribution in [2.24, 2.45) is 0 Å². The van der Waals surface area contributed by atoms with E-state index in [2.05, 4.69) is 5.32 Å². The number of nitrogens with one attached hydrogen (secondary N) is 1. The first-order valence-electron chi connectivity index (χ1n) is 7.75. The lowest BCUT2D eigenvalue weighted by Crippen LogP contribution is -2.30. The van der Waals surface area contributed by atoms with Crippen molar-refractivity contribution >= 4 is 17.6 Å². The normalized spacial score (nSPS) is 11.7. The van der Waals surface area contributed by atoms with Crippen molar-refractivity contribution in [2.45, 2.75) is 6.42 Å². The zero-order valence-corrected chi connectivity index (χ0v) is 13.6. The molecule has 3 rings (SSSR count). The lowest BCUT2D eigenvalue weighted by molar-refractivity contribution is -0.128. The highest BCUT2D eigenvalue weighted by atomic mass is 16.2. The van der Waals surface area contributed by atoms with Crippen LogP contribution < -0.4 is 5.32 Å². The smallest absolute Gasteiger partial charge is 0.251 e. The van der Waals surface area contributed by atoms with Crippen molar-refractivity contribution in [3.63, 3.8) is 0 Å². The molecule has 0 saturated carbocycles. The van der Waals surface area contributed by atoms with E-state index in [-0.39, 0.29) is 30.6 Å². The minimum Gasteiger partial charge on any atom is -0.352 e. The van der Waals surface area contributed by atoms with E-state index < -0.39 is 0 Å². The van der Waals surface area contributed by atoms with Gasteiger partial charge in [-0.25, -0.2) is 0 Å². The molecule has 1 aliphatic carbocycles. The fourth-order valence-corrected chi connectivity index (χ4v) is 2.78. The molecule has 24 heavy (non-hydrogen) atoms. The maximum absolute atomic E-state index is 12.5. The largest absolute Gasteiger partial charge is 0.352 e. The number of fused-ring (bicyclic) bond motifs is 3. The Hall–Kier alpha value is -2.95. The van der Waals surface area contributed by atoms with Crippen LogP contribution in [0.1, 0.15) is 32.7 Å². The molecule has 0 radical (unpaired) electrons. The highest BCUT2D eigenvalue weighted by Gasteiger charge is 2.26. The van der Waals surface area contributed by atoms with Crippen LogP contribution in [0.25, 0.3) is 11.1 Å². The first-order valence-corrected chi connectivity index (χ1v) is 7.75. The second kappa shape index (κ2) is 6.28. The van der Waals surface area contributed by atoms with E-state index in [4.69, 9.17) is 0 Å². The van der Waals surface area contributed by atoms with Crippen LogP contribution in [0, 0.1) is 0 Å². The number of hydrogen-bond acceptors (Lipinski definition) is 3. The van der Waals surface area contributed by atoms with Gasteiger partial charge in [0.2, 0.25) is 5.91 Å². The number of benzene rings is 2. The van der Waals surface area contributed by atoms with Crippen LogP contribution in [-0.4, -0.2) is 43.1 Å². The Morgan fingerprint density at radius 1 is 0.958 bits per heavy atom. The summed E-state index contributed by atoms with van der Waals surface area (Å²) in [6, 6.07) is 12.6. The molecular formula is C19H18N2O3. The van der Waals surface area contributed by atoms with Crippen molar-refractivity contribution in [2.75, 3.05) is 20.6 Å². The van der Waals surface area contributed by atoms with E-state index in [1.165, 1.54) is 4.90 Å². The molecule has 1 aliphatic rings. The third-order valence-electron chi connectivity index (χ3n) is 4.11. The number of ketones is 1. The summed E-state index contributed by atoms with van der Waals surface area (Å²) in [5, 5.41) is 2.71. The predicted octanol–water partition coefficient (Wildman–Crippen LogP) is 2.11. The summed E-state index contributed by atoms with van der Waals surface area (Å²) in [5.74, 6) is -0.388. The zero-order chi connectivity index (χ0) is 17.3. The average molecular weight is 322 g/mol. The van der Waals surface area contributed by atoms with Crippen molar-refractivity contribution in [3.05, 3.63) is 59.2 Å². The summed E-state index contributed by atoms with van der Waals surface area (Å²) in [6.07, 6.45) is 0.244. The maximum atomic E-state index is 12.5. The molecule has 0 unspecified atom stereocenters. The fraction of sp³-hybridized carbons (Fsp3) is 0.211. The number of carbonyl (C=O) groups excluding carboxylic acids is 3. The van der Waals surface area contributed by atoms with Gasteiger partial charge < -0.3 is 10.2 Å². The SMILES string of the molecule is CN(C)C(=O)CCNC(=O)c1ccc2c(c1)C(=O)c1ccccc1-2. The lowest BCUT2D eigenvalue weighted by atomic mass is 10.0. The molecule has 0 fully saturated rings. The number of nitrogens with zero attached hydrogens (tertiary/aromatic N) is 1. The summed E-state index contributed by atoms with van der Waals surface area (Å²) >= 11 is 0. The van der Waals surface area contributed by atoms with E-state index in [0.29, 0.717) is 16.7 Å². The van der Waals surface area contributed by atoms with E-state index in [1.54, 1.807) is 38.4 Å². The van der Waals surface area contributed by atoms with Gasteiger partial charge in [-0.1, -0.05) is 30.3 Å². The van der Waals surface area contributed by atoms with Crippen LogP contribution in [0.4, 0.5) is 0 Å². The zero-order valence-electron chi connectivity index (χ0n) is 13.6.